The Morgan fingerprint density at radius 3 is 2.36 bits per heavy atom. The molecule has 6 nitrogen and oxygen atoms in total. The van der Waals surface area contributed by atoms with Crippen molar-refractivity contribution in [1.82, 2.24) is 5.32 Å². The van der Waals surface area contributed by atoms with E-state index in [4.69, 9.17) is 4.74 Å². The molecular weight excluding hydrogens is 320 g/mol. The quantitative estimate of drug-likeness (QED) is 0.744. The summed E-state index contributed by atoms with van der Waals surface area (Å²) in [5.41, 5.74) is 1.03. The van der Waals surface area contributed by atoms with Crippen molar-refractivity contribution in [3.8, 4) is 0 Å². The smallest absolute Gasteiger partial charge is 0.338 e. The fourth-order valence-corrected chi connectivity index (χ4v) is 3.09. The lowest BCUT2D eigenvalue weighted by Crippen LogP contribution is -2.47. The molecule has 2 N–H and O–H groups in total. The van der Waals surface area contributed by atoms with Gasteiger partial charge in [0.25, 0.3) is 0 Å². The van der Waals surface area contributed by atoms with Gasteiger partial charge in [0.05, 0.1) is 12.2 Å². The maximum atomic E-state index is 12.6. The van der Waals surface area contributed by atoms with Crippen LogP contribution in [0.1, 0.15) is 56.3 Å². The maximum Gasteiger partial charge on any atom is 0.338 e. The molecule has 1 saturated carbocycles. The molecule has 0 bridgehead atoms. The van der Waals surface area contributed by atoms with Gasteiger partial charge >= 0.3 is 5.97 Å². The summed E-state index contributed by atoms with van der Waals surface area (Å²) in [5, 5.41) is 5.60. The number of benzene rings is 1. The van der Waals surface area contributed by atoms with E-state index in [1.165, 1.54) is 6.92 Å². The Bertz CT molecular complexity index is 606. The molecule has 1 unspecified atom stereocenters. The lowest BCUT2D eigenvalue weighted by atomic mass is 9.97. The molecule has 0 radical (unpaired) electrons. The summed E-state index contributed by atoms with van der Waals surface area (Å²) in [6, 6.07) is 6.06. The van der Waals surface area contributed by atoms with E-state index in [-0.39, 0.29) is 23.7 Å². The Hall–Kier alpha value is -2.37. The van der Waals surface area contributed by atoms with Gasteiger partial charge in [-0.15, -0.1) is 0 Å². The Labute approximate surface area is 148 Å². The molecule has 6 heteroatoms. The van der Waals surface area contributed by atoms with Gasteiger partial charge in [0.1, 0.15) is 6.04 Å². The van der Waals surface area contributed by atoms with Gasteiger partial charge < -0.3 is 15.4 Å². The monoisotopic (exact) mass is 346 g/mol. The van der Waals surface area contributed by atoms with Crippen molar-refractivity contribution < 1.29 is 19.1 Å². The molecule has 0 heterocycles. The molecule has 2 rings (SSSR count). The zero-order valence-corrected chi connectivity index (χ0v) is 14.8. The Morgan fingerprint density at radius 2 is 1.80 bits per heavy atom. The van der Waals surface area contributed by atoms with Crippen molar-refractivity contribution in [2.45, 2.75) is 52.0 Å². The summed E-state index contributed by atoms with van der Waals surface area (Å²) in [6.45, 7) is 3.74. The van der Waals surface area contributed by atoms with Crippen LogP contribution in [0.15, 0.2) is 24.3 Å². The second-order valence-electron chi connectivity index (χ2n) is 6.43. The standard InChI is InChI=1S/C19H26N2O4/c1-3-12-25-19(24)15-8-10-16(11-9-15)21-18(23)17(20-13(2)22)14-6-4-5-7-14/h8-11,14,17H,3-7,12H2,1-2H3,(H,20,22)(H,21,23). The minimum absolute atomic E-state index is 0.173. The van der Waals surface area contributed by atoms with Crippen LogP contribution in [0, 0.1) is 5.92 Å². The van der Waals surface area contributed by atoms with Crippen LogP contribution in [0.4, 0.5) is 5.69 Å². The minimum atomic E-state index is -0.519. The molecule has 0 spiro atoms. The Kier molecular flexibility index (Phi) is 6.98. The number of ether oxygens (including phenoxy) is 1. The van der Waals surface area contributed by atoms with Crippen LogP contribution in [-0.4, -0.2) is 30.4 Å². The van der Waals surface area contributed by atoms with E-state index in [0.29, 0.717) is 17.9 Å². The van der Waals surface area contributed by atoms with E-state index < -0.39 is 6.04 Å². The second-order valence-corrected chi connectivity index (χ2v) is 6.43. The van der Waals surface area contributed by atoms with Gasteiger partial charge in [0, 0.05) is 12.6 Å². The van der Waals surface area contributed by atoms with Crippen LogP contribution >= 0.6 is 0 Å². The molecule has 0 aromatic heterocycles. The Balaban J connectivity index is 1.99. The second kappa shape index (κ2) is 9.20. The van der Waals surface area contributed by atoms with E-state index in [1.807, 2.05) is 6.92 Å². The molecule has 1 aromatic rings. The normalized spacial score (nSPS) is 15.4. The lowest BCUT2D eigenvalue weighted by molar-refractivity contribution is -0.126. The number of hydrogen-bond donors (Lipinski definition) is 2. The highest BCUT2D eigenvalue weighted by Crippen LogP contribution is 2.28. The summed E-state index contributed by atoms with van der Waals surface area (Å²) in [6.07, 6.45) is 4.83. The van der Waals surface area contributed by atoms with Crippen LogP contribution in [0.3, 0.4) is 0 Å². The number of amides is 2. The fourth-order valence-electron chi connectivity index (χ4n) is 3.09. The molecule has 1 aliphatic carbocycles. The number of rotatable bonds is 7. The summed E-state index contributed by atoms with van der Waals surface area (Å²) in [7, 11) is 0. The van der Waals surface area contributed by atoms with Gasteiger partial charge in [-0.3, -0.25) is 9.59 Å². The number of nitrogens with one attached hydrogen (secondary N) is 2. The summed E-state index contributed by atoms with van der Waals surface area (Å²) < 4.78 is 5.07. The van der Waals surface area contributed by atoms with E-state index in [1.54, 1.807) is 24.3 Å². The first kappa shape index (κ1) is 19.0. The summed E-state index contributed by atoms with van der Waals surface area (Å²) >= 11 is 0. The summed E-state index contributed by atoms with van der Waals surface area (Å²) in [4.78, 5) is 35.8. The third-order valence-electron chi connectivity index (χ3n) is 4.34. The molecule has 0 aliphatic heterocycles. The van der Waals surface area contributed by atoms with Gasteiger partial charge in [0.2, 0.25) is 11.8 Å². The highest BCUT2D eigenvalue weighted by Gasteiger charge is 2.31. The number of anilines is 1. The van der Waals surface area contributed by atoms with Gasteiger partial charge in [0.15, 0.2) is 0 Å². The van der Waals surface area contributed by atoms with Gasteiger partial charge in [-0.25, -0.2) is 4.79 Å². The van der Waals surface area contributed by atoms with Crippen molar-refractivity contribution in [3.63, 3.8) is 0 Å². The van der Waals surface area contributed by atoms with Crippen LogP contribution in [0.25, 0.3) is 0 Å². The van der Waals surface area contributed by atoms with Crippen LogP contribution in [0.2, 0.25) is 0 Å². The maximum absolute atomic E-state index is 12.6. The molecule has 2 amide bonds. The number of hydrogen-bond acceptors (Lipinski definition) is 4. The average Bonchev–Trinajstić information content (AvgIpc) is 3.12. The van der Waals surface area contributed by atoms with E-state index in [0.717, 1.165) is 32.1 Å². The predicted molar refractivity (Wildman–Crippen MR) is 95.2 cm³/mol. The zero-order valence-electron chi connectivity index (χ0n) is 14.8. The zero-order chi connectivity index (χ0) is 18.2. The third-order valence-corrected chi connectivity index (χ3v) is 4.34. The molecule has 25 heavy (non-hydrogen) atoms. The van der Waals surface area contributed by atoms with Gasteiger partial charge in [-0.1, -0.05) is 19.8 Å². The van der Waals surface area contributed by atoms with Gasteiger partial charge in [-0.05, 0) is 49.4 Å². The van der Waals surface area contributed by atoms with Crippen molar-refractivity contribution in [3.05, 3.63) is 29.8 Å². The van der Waals surface area contributed by atoms with Crippen molar-refractivity contribution in [1.29, 1.82) is 0 Å². The largest absolute Gasteiger partial charge is 0.462 e. The number of carbonyl (C=O) groups is 3. The first-order chi connectivity index (χ1) is 12.0. The first-order valence-corrected chi connectivity index (χ1v) is 8.86. The van der Waals surface area contributed by atoms with E-state index >= 15 is 0 Å². The minimum Gasteiger partial charge on any atom is -0.462 e. The van der Waals surface area contributed by atoms with Crippen LogP contribution in [-0.2, 0) is 14.3 Å². The SMILES string of the molecule is CCCOC(=O)c1ccc(NC(=O)C(NC(C)=O)C2CCCC2)cc1. The topological polar surface area (TPSA) is 84.5 Å². The molecule has 1 fully saturated rings. The molecular formula is C19H26N2O4. The van der Waals surface area contributed by atoms with Crippen LogP contribution in [0.5, 0.6) is 0 Å². The number of esters is 1. The van der Waals surface area contributed by atoms with Crippen molar-refractivity contribution in [2.24, 2.45) is 5.92 Å². The van der Waals surface area contributed by atoms with E-state index in [9.17, 15) is 14.4 Å². The summed E-state index contributed by atoms with van der Waals surface area (Å²) in [5.74, 6) is -0.626. The average molecular weight is 346 g/mol. The molecule has 1 aliphatic rings. The predicted octanol–water partition coefficient (Wildman–Crippen LogP) is 2.89. The van der Waals surface area contributed by atoms with Crippen molar-refractivity contribution >= 4 is 23.5 Å². The molecule has 1 aromatic carbocycles. The fraction of sp³-hybridized carbons (Fsp3) is 0.526. The molecule has 0 saturated heterocycles. The highest BCUT2D eigenvalue weighted by atomic mass is 16.5. The molecule has 136 valence electrons. The third kappa shape index (κ3) is 5.59. The lowest BCUT2D eigenvalue weighted by Gasteiger charge is -2.23. The highest BCUT2D eigenvalue weighted by molar-refractivity contribution is 5.97. The first-order valence-electron chi connectivity index (χ1n) is 8.86. The van der Waals surface area contributed by atoms with Crippen LogP contribution < -0.4 is 10.6 Å². The van der Waals surface area contributed by atoms with E-state index in [2.05, 4.69) is 10.6 Å². The number of carbonyl (C=O) groups excluding carboxylic acids is 3. The van der Waals surface area contributed by atoms with Gasteiger partial charge in [-0.2, -0.15) is 0 Å². The van der Waals surface area contributed by atoms with Crippen molar-refractivity contribution in [2.75, 3.05) is 11.9 Å². The Morgan fingerprint density at radius 1 is 1.16 bits per heavy atom. The molecule has 1 atom stereocenters.